The molecule has 1 aromatic rings. The highest BCUT2D eigenvalue weighted by Gasteiger charge is 2.19. The predicted octanol–water partition coefficient (Wildman–Crippen LogP) is 2.09. The maximum Gasteiger partial charge on any atom is 0.224 e. The van der Waals surface area contributed by atoms with Crippen LogP contribution in [-0.2, 0) is 11.2 Å². The van der Waals surface area contributed by atoms with E-state index < -0.39 is 6.10 Å². The lowest BCUT2D eigenvalue weighted by Crippen LogP contribution is -2.38. The van der Waals surface area contributed by atoms with Crippen molar-refractivity contribution in [2.45, 2.75) is 51.7 Å². The molecule has 2 rings (SSSR count). The van der Waals surface area contributed by atoms with Gasteiger partial charge in [0.1, 0.15) is 12.4 Å². The van der Waals surface area contributed by atoms with Crippen molar-refractivity contribution >= 4 is 11.6 Å². The number of nitrogens with one attached hydrogen (secondary N) is 2. The van der Waals surface area contributed by atoms with Gasteiger partial charge >= 0.3 is 0 Å². The number of anilines is 1. The van der Waals surface area contributed by atoms with Crippen molar-refractivity contribution in [1.82, 2.24) is 5.32 Å². The summed E-state index contributed by atoms with van der Waals surface area (Å²) in [6.07, 6.45) is 1.29. The second-order valence-electron chi connectivity index (χ2n) is 6.76. The maximum atomic E-state index is 11.4. The van der Waals surface area contributed by atoms with Crippen molar-refractivity contribution in [2.24, 2.45) is 0 Å². The number of hydrogen-bond donors (Lipinski definition) is 3. The number of carbonyl (C=O) groups excluding carboxylic acids is 1. The van der Waals surface area contributed by atoms with Gasteiger partial charge in [-0.3, -0.25) is 4.79 Å². The molecule has 1 aromatic carbocycles. The van der Waals surface area contributed by atoms with Crippen LogP contribution in [0.3, 0.4) is 0 Å². The molecule has 1 amide bonds. The first-order chi connectivity index (χ1) is 10.3. The van der Waals surface area contributed by atoms with Crippen molar-refractivity contribution in [1.29, 1.82) is 0 Å². The van der Waals surface area contributed by atoms with Gasteiger partial charge in [-0.05, 0) is 52.3 Å². The zero-order valence-electron chi connectivity index (χ0n) is 13.6. The van der Waals surface area contributed by atoms with Crippen LogP contribution in [0.4, 0.5) is 5.69 Å². The van der Waals surface area contributed by atoms with Crippen molar-refractivity contribution in [2.75, 3.05) is 18.5 Å². The fraction of sp³-hybridized carbons (Fsp3) is 0.588. The molecule has 1 heterocycles. The summed E-state index contributed by atoms with van der Waals surface area (Å²) in [6, 6.07) is 5.62. The van der Waals surface area contributed by atoms with Gasteiger partial charge in [0.25, 0.3) is 0 Å². The molecule has 0 aliphatic carbocycles. The Morgan fingerprint density at radius 1 is 1.36 bits per heavy atom. The van der Waals surface area contributed by atoms with Crippen LogP contribution in [0, 0.1) is 0 Å². The second kappa shape index (κ2) is 7.11. The highest BCUT2D eigenvalue weighted by molar-refractivity contribution is 5.94. The van der Waals surface area contributed by atoms with Crippen LogP contribution >= 0.6 is 0 Å². The van der Waals surface area contributed by atoms with E-state index in [-0.39, 0.29) is 18.1 Å². The number of hydrogen-bond acceptors (Lipinski definition) is 4. The normalized spacial score (nSPS) is 15.9. The van der Waals surface area contributed by atoms with Gasteiger partial charge < -0.3 is 20.5 Å². The topological polar surface area (TPSA) is 70.6 Å². The van der Waals surface area contributed by atoms with E-state index in [0.717, 1.165) is 23.5 Å². The number of benzene rings is 1. The summed E-state index contributed by atoms with van der Waals surface area (Å²) in [5, 5.41) is 16.2. The first kappa shape index (κ1) is 16.8. The zero-order chi connectivity index (χ0) is 16.2. The zero-order valence-corrected chi connectivity index (χ0v) is 13.6. The smallest absolute Gasteiger partial charge is 0.224 e. The van der Waals surface area contributed by atoms with Gasteiger partial charge in [-0.1, -0.05) is 6.07 Å². The molecule has 0 saturated heterocycles. The molecule has 0 saturated carbocycles. The average molecular weight is 306 g/mol. The van der Waals surface area contributed by atoms with E-state index in [2.05, 4.69) is 31.4 Å². The third-order valence-electron chi connectivity index (χ3n) is 3.57. The van der Waals surface area contributed by atoms with Crippen molar-refractivity contribution in [3.63, 3.8) is 0 Å². The molecule has 1 aliphatic rings. The summed E-state index contributed by atoms with van der Waals surface area (Å²) in [5.41, 5.74) is 1.89. The fourth-order valence-electron chi connectivity index (χ4n) is 2.41. The minimum atomic E-state index is -0.510. The molecule has 3 N–H and O–H groups in total. The Labute approximate surface area is 132 Å². The van der Waals surface area contributed by atoms with Crippen LogP contribution in [0.25, 0.3) is 0 Å². The molecule has 1 atom stereocenters. The summed E-state index contributed by atoms with van der Waals surface area (Å²) >= 11 is 0. The van der Waals surface area contributed by atoms with Gasteiger partial charge in [0.15, 0.2) is 0 Å². The largest absolute Gasteiger partial charge is 0.491 e. The molecule has 0 aromatic heterocycles. The van der Waals surface area contributed by atoms with E-state index in [9.17, 15) is 9.90 Å². The highest BCUT2D eigenvalue weighted by Crippen LogP contribution is 2.31. The van der Waals surface area contributed by atoms with Gasteiger partial charge in [0, 0.05) is 23.2 Å². The Kier molecular flexibility index (Phi) is 5.42. The van der Waals surface area contributed by atoms with Crippen LogP contribution in [0.1, 0.15) is 39.2 Å². The number of rotatable bonds is 6. The molecule has 0 bridgehead atoms. The van der Waals surface area contributed by atoms with Crippen LogP contribution in [0.5, 0.6) is 5.75 Å². The monoisotopic (exact) mass is 306 g/mol. The minimum absolute atomic E-state index is 0.0398. The lowest BCUT2D eigenvalue weighted by molar-refractivity contribution is -0.116. The van der Waals surface area contributed by atoms with Gasteiger partial charge in [-0.15, -0.1) is 0 Å². The SMILES string of the molecule is CC(C)(C)NCC[C@@H](O)COc1cccc2c1CCC(=O)N2. The summed E-state index contributed by atoms with van der Waals surface area (Å²) in [4.78, 5) is 11.4. The molecule has 0 spiro atoms. The lowest BCUT2D eigenvalue weighted by atomic mass is 10.0. The van der Waals surface area contributed by atoms with E-state index in [1.807, 2.05) is 18.2 Å². The van der Waals surface area contributed by atoms with Crippen molar-refractivity contribution in [3.05, 3.63) is 23.8 Å². The van der Waals surface area contributed by atoms with Gasteiger partial charge in [0.2, 0.25) is 5.91 Å². The van der Waals surface area contributed by atoms with Gasteiger partial charge in [-0.2, -0.15) is 0 Å². The van der Waals surface area contributed by atoms with E-state index in [1.54, 1.807) is 0 Å². The standard InChI is InChI=1S/C17H26N2O3/c1-17(2,3)18-10-9-12(20)11-22-15-6-4-5-14-13(15)7-8-16(21)19-14/h4-6,12,18,20H,7-11H2,1-3H3,(H,19,21)/t12-/m1/s1. The Bertz CT molecular complexity index is 523. The predicted molar refractivity (Wildman–Crippen MR) is 87.3 cm³/mol. The van der Waals surface area contributed by atoms with E-state index >= 15 is 0 Å². The number of aliphatic hydroxyl groups excluding tert-OH is 1. The molecule has 0 fully saturated rings. The molecule has 1 aliphatic heterocycles. The summed E-state index contributed by atoms with van der Waals surface area (Å²) in [7, 11) is 0. The molecular weight excluding hydrogens is 280 g/mol. The quantitative estimate of drug-likeness (QED) is 0.752. The molecule has 5 nitrogen and oxygen atoms in total. The maximum absolute atomic E-state index is 11.4. The Balaban J connectivity index is 1.84. The minimum Gasteiger partial charge on any atom is -0.491 e. The van der Waals surface area contributed by atoms with Crippen molar-refractivity contribution < 1.29 is 14.6 Å². The first-order valence-electron chi connectivity index (χ1n) is 7.83. The van der Waals surface area contributed by atoms with E-state index in [0.29, 0.717) is 19.3 Å². The molecule has 5 heteroatoms. The molecule has 122 valence electrons. The number of ether oxygens (including phenoxy) is 1. The fourth-order valence-corrected chi connectivity index (χ4v) is 2.41. The molecule has 22 heavy (non-hydrogen) atoms. The second-order valence-corrected chi connectivity index (χ2v) is 6.76. The van der Waals surface area contributed by atoms with Crippen LogP contribution < -0.4 is 15.4 Å². The molecule has 0 unspecified atom stereocenters. The van der Waals surface area contributed by atoms with Crippen molar-refractivity contribution in [3.8, 4) is 5.75 Å². The van der Waals surface area contributed by atoms with Crippen LogP contribution in [0.15, 0.2) is 18.2 Å². The summed E-state index contributed by atoms with van der Waals surface area (Å²) < 4.78 is 5.76. The average Bonchev–Trinajstić information content (AvgIpc) is 2.43. The number of aliphatic hydroxyl groups is 1. The number of fused-ring (bicyclic) bond motifs is 1. The van der Waals surface area contributed by atoms with Gasteiger partial charge in [0.05, 0.1) is 6.10 Å². The number of amides is 1. The van der Waals surface area contributed by atoms with E-state index in [1.165, 1.54) is 0 Å². The molecular formula is C17H26N2O3. The van der Waals surface area contributed by atoms with Gasteiger partial charge in [-0.25, -0.2) is 0 Å². The Morgan fingerprint density at radius 3 is 2.86 bits per heavy atom. The highest BCUT2D eigenvalue weighted by atomic mass is 16.5. The molecule has 0 radical (unpaired) electrons. The van der Waals surface area contributed by atoms with Crippen LogP contribution in [0.2, 0.25) is 0 Å². The Morgan fingerprint density at radius 2 is 2.14 bits per heavy atom. The third kappa shape index (κ3) is 5.00. The third-order valence-corrected chi connectivity index (χ3v) is 3.57. The Hall–Kier alpha value is -1.59. The van der Waals surface area contributed by atoms with Crippen LogP contribution in [-0.4, -0.2) is 35.8 Å². The first-order valence-corrected chi connectivity index (χ1v) is 7.83. The number of carbonyl (C=O) groups is 1. The lowest BCUT2D eigenvalue weighted by Gasteiger charge is -2.23. The summed E-state index contributed by atoms with van der Waals surface area (Å²) in [5.74, 6) is 0.790. The summed E-state index contributed by atoms with van der Waals surface area (Å²) in [6.45, 7) is 7.30. The van der Waals surface area contributed by atoms with E-state index in [4.69, 9.17) is 4.74 Å².